The number of ether oxygens (including phenoxy) is 5. The molecule has 1 aliphatic carbocycles. The summed E-state index contributed by atoms with van der Waals surface area (Å²) in [4.78, 5) is 39.3. The fourth-order valence-electron chi connectivity index (χ4n) is 6.78. The number of aliphatic hydroxyl groups is 1. The first-order chi connectivity index (χ1) is 23.3. The van der Waals surface area contributed by atoms with Gasteiger partial charge in [-0.3, -0.25) is 10.2 Å². The average Bonchev–Trinajstić information content (AvgIpc) is 3.35. The Morgan fingerprint density at radius 3 is 2.45 bits per heavy atom. The number of rotatable bonds is 13. The van der Waals surface area contributed by atoms with Crippen LogP contribution < -0.4 is 20.8 Å². The molecule has 5 unspecified atom stereocenters. The fourth-order valence-corrected chi connectivity index (χ4v) is 7.07. The first-order valence-corrected chi connectivity index (χ1v) is 16.9. The van der Waals surface area contributed by atoms with Gasteiger partial charge in [0.25, 0.3) is 5.91 Å². The van der Waals surface area contributed by atoms with Crippen molar-refractivity contribution in [2.75, 3.05) is 27.4 Å². The van der Waals surface area contributed by atoms with Gasteiger partial charge in [0.15, 0.2) is 6.29 Å². The lowest BCUT2D eigenvalue weighted by Gasteiger charge is -2.37. The van der Waals surface area contributed by atoms with Crippen LogP contribution in [0.15, 0.2) is 48.5 Å². The lowest BCUT2D eigenvalue weighted by molar-refractivity contribution is -0.153. The van der Waals surface area contributed by atoms with Crippen LogP contribution >= 0.6 is 11.6 Å². The van der Waals surface area contributed by atoms with Gasteiger partial charge in [0.05, 0.1) is 44.1 Å². The van der Waals surface area contributed by atoms with Crippen molar-refractivity contribution in [3.05, 3.63) is 64.7 Å². The molecule has 49 heavy (non-hydrogen) atoms. The third-order valence-electron chi connectivity index (χ3n) is 9.29. The Bertz CT molecular complexity index is 1450. The van der Waals surface area contributed by atoms with Crippen LogP contribution in [-0.2, 0) is 36.7 Å². The van der Waals surface area contributed by atoms with Gasteiger partial charge in [-0.2, -0.15) is 0 Å². The van der Waals surface area contributed by atoms with E-state index in [9.17, 15) is 19.5 Å². The number of hydrazine groups is 1. The molecule has 3 amide bonds. The minimum atomic E-state index is -1.21. The molecular weight excluding hydrogens is 656 g/mol. The summed E-state index contributed by atoms with van der Waals surface area (Å²) >= 11 is 6.42. The van der Waals surface area contributed by atoms with E-state index in [0.29, 0.717) is 23.3 Å². The minimum absolute atomic E-state index is 0.0305. The fraction of sp³-hybridized carbons (Fsp3) is 0.571. The molecular formula is C35H47ClN4O9. The maximum atomic E-state index is 13.7. The first-order valence-electron chi connectivity index (χ1n) is 16.5. The summed E-state index contributed by atoms with van der Waals surface area (Å²) in [7, 11) is 2.74. The zero-order valence-corrected chi connectivity index (χ0v) is 29.3. The highest BCUT2D eigenvalue weighted by Gasteiger charge is 2.53. The van der Waals surface area contributed by atoms with E-state index in [1.807, 2.05) is 51.1 Å². The van der Waals surface area contributed by atoms with Crippen LogP contribution in [0.1, 0.15) is 44.7 Å². The van der Waals surface area contributed by atoms with E-state index in [1.54, 1.807) is 23.2 Å². The molecule has 14 heteroatoms. The summed E-state index contributed by atoms with van der Waals surface area (Å²) in [6.45, 7) is 6.03. The molecule has 3 aliphatic rings. The second kappa shape index (κ2) is 15.9. The highest BCUT2D eigenvalue weighted by atomic mass is 35.5. The van der Waals surface area contributed by atoms with Crippen molar-refractivity contribution < 1.29 is 43.2 Å². The molecule has 2 saturated heterocycles. The number of nitrogens with zero attached hydrogens (tertiary/aromatic N) is 1. The Labute approximate surface area is 291 Å². The highest BCUT2D eigenvalue weighted by molar-refractivity contribution is 6.32. The lowest BCUT2D eigenvalue weighted by Crippen LogP contribution is -2.59. The van der Waals surface area contributed by atoms with Crippen LogP contribution in [0.4, 0.5) is 9.59 Å². The number of methoxy groups -OCH3 is 2. The van der Waals surface area contributed by atoms with Crippen molar-refractivity contribution in [3.63, 3.8) is 0 Å². The van der Waals surface area contributed by atoms with E-state index in [0.717, 1.165) is 24.0 Å². The molecule has 13 nitrogen and oxygen atoms in total. The predicted octanol–water partition coefficient (Wildman–Crippen LogP) is 3.80. The molecule has 1 saturated carbocycles. The molecule has 0 spiro atoms. The maximum Gasteiger partial charge on any atom is 0.407 e. The number of benzene rings is 2. The van der Waals surface area contributed by atoms with Crippen LogP contribution in [0.25, 0.3) is 0 Å². The van der Waals surface area contributed by atoms with E-state index in [2.05, 4.69) is 16.1 Å². The van der Waals surface area contributed by atoms with Crippen molar-refractivity contribution in [2.24, 2.45) is 17.3 Å². The molecule has 2 aromatic carbocycles. The molecule has 8 atom stereocenters. The number of fused-ring (bicyclic) bond motifs is 2. The molecule has 0 radical (unpaired) electrons. The van der Waals surface area contributed by atoms with Gasteiger partial charge in [-0.05, 0) is 47.9 Å². The topological polar surface area (TPSA) is 157 Å². The van der Waals surface area contributed by atoms with E-state index >= 15 is 0 Å². The van der Waals surface area contributed by atoms with Gasteiger partial charge in [-0.1, -0.05) is 68.8 Å². The quantitative estimate of drug-likeness (QED) is 0.227. The maximum absolute atomic E-state index is 13.7. The highest BCUT2D eigenvalue weighted by Crippen LogP contribution is 2.46. The molecule has 268 valence electrons. The Kier molecular flexibility index (Phi) is 11.9. The minimum Gasteiger partial charge on any atom is -0.495 e. The van der Waals surface area contributed by atoms with Crippen molar-refractivity contribution in [1.82, 2.24) is 21.1 Å². The van der Waals surface area contributed by atoms with E-state index < -0.39 is 47.8 Å². The average molecular weight is 703 g/mol. The molecule has 4 N–H and O–H groups in total. The van der Waals surface area contributed by atoms with Gasteiger partial charge in [0, 0.05) is 24.9 Å². The SMILES string of the molecule is COC(=O)N[C@H](C(=O)NN(Cc1ccccc1)C[C@@H](O)[C@H](Cc1ccc(OC)c(Cl)c1)NC(=O)OC1C2COC3OC1CC3C2)C(C)(C)C. The summed E-state index contributed by atoms with van der Waals surface area (Å²) in [6.07, 6.45) is -1.80. The largest absolute Gasteiger partial charge is 0.495 e. The number of halogens is 1. The smallest absolute Gasteiger partial charge is 0.407 e. The van der Waals surface area contributed by atoms with E-state index in [-0.39, 0.29) is 37.8 Å². The number of amides is 3. The standard InChI is InChI=1S/C35H47ClN4O9/c1-35(2,3)30(38-33(43)46-5)31(42)39-40(17-20-9-7-6-8-10-20)18-26(41)25(14-21-11-12-27(45-4)24(36)13-21)37-34(44)49-29-23-15-22-16-28(29)48-32(22)47-19-23/h6-13,22-23,25-26,28-30,32,41H,14-19H2,1-5H3,(H,37,44)(H,38,43)(H,39,42)/t22?,23?,25-,26+,28?,29?,30+,32?/m0/s1. The Balaban J connectivity index is 1.35. The van der Waals surface area contributed by atoms with Gasteiger partial charge >= 0.3 is 12.2 Å². The zero-order valence-electron chi connectivity index (χ0n) is 28.5. The molecule has 5 rings (SSSR count). The first kappa shape index (κ1) is 36.7. The molecule has 2 aliphatic heterocycles. The van der Waals surface area contributed by atoms with Crippen LogP contribution in [-0.4, -0.2) is 92.3 Å². The van der Waals surface area contributed by atoms with Gasteiger partial charge < -0.3 is 39.4 Å². The van der Waals surface area contributed by atoms with Crippen molar-refractivity contribution >= 4 is 29.7 Å². The third kappa shape index (κ3) is 9.34. The van der Waals surface area contributed by atoms with Gasteiger partial charge in [0.1, 0.15) is 17.9 Å². The number of aliphatic hydroxyl groups excluding tert-OH is 1. The van der Waals surface area contributed by atoms with Gasteiger partial charge in [-0.15, -0.1) is 0 Å². The number of hydrogen-bond donors (Lipinski definition) is 4. The number of alkyl carbamates (subject to hydrolysis) is 2. The van der Waals surface area contributed by atoms with Crippen LogP contribution in [0.2, 0.25) is 5.02 Å². The normalized spacial score (nSPS) is 24.4. The van der Waals surface area contributed by atoms with Gasteiger partial charge in [0.2, 0.25) is 0 Å². The van der Waals surface area contributed by atoms with E-state index in [4.69, 9.17) is 35.3 Å². The number of nitrogens with one attached hydrogen (secondary N) is 3. The molecule has 2 aromatic rings. The van der Waals surface area contributed by atoms with Gasteiger partial charge in [-0.25, -0.2) is 14.6 Å². The zero-order chi connectivity index (χ0) is 35.3. The van der Waals surface area contributed by atoms with Crippen molar-refractivity contribution in [1.29, 1.82) is 0 Å². The summed E-state index contributed by atoms with van der Waals surface area (Å²) in [5.74, 6) is 0.330. The summed E-state index contributed by atoms with van der Waals surface area (Å²) in [6, 6.07) is 12.8. The number of hydrogen-bond acceptors (Lipinski definition) is 10. The Morgan fingerprint density at radius 1 is 1.02 bits per heavy atom. The molecule has 2 heterocycles. The molecule has 3 bridgehead atoms. The second-order valence-corrected chi connectivity index (χ2v) is 14.4. The summed E-state index contributed by atoms with van der Waals surface area (Å²) in [5, 5.41) is 19.2. The van der Waals surface area contributed by atoms with Crippen LogP contribution in [0.3, 0.4) is 0 Å². The van der Waals surface area contributed by atoms with Crippen LogP contribution in [0.5, 0.6) is 5.75 Å². The number of carbonyl (C=O) groups is 3. The lowest BCUT2D eigenvalue weighted by atomic mass is 9.78. The van der Waals surface area contributed by atoms with Crippen molar-refractivity contribution in [3.8, 4) is 5.75 Å². The summed E-state index contributed by atoms with van der Waals surface area (Å²) in [5.41, 5.74) is 3.80. The molecule has 0 aromatic heterocycles. The molecule has 3 fully saturated rings. The van der Waals surface area contributed by atoms with Crippen molar-refractivity contribution in [2.45, 2.75) is 83.3 Å². The predicted molar refractivity (Wildman–Crippen MR) is 180 cm³/mol. The van der Waals surface area contributed by atoms with Crippen LogP contribution in [0, 0.1) is 17.3 Å². The summed E-state index contributed by atoms with van der Waals surface area (Å²) < 4.78 is 27.8. The Hall–Kier alpha value is -3.62. The van der Waals surface area contributed by atoms with E-state index in [1.165, 1.54) is 14.2 Å². The second-order valence-electron chi connectivity index (χ2n) is 14.0. The monoisotopic (exact) mass is 702 g/mol. The number of carbonyl (C=O) groups excluding carboxylic acids is 3. The Morgan fingerprint density at radius 2 is 1.78 bits per heavy atom. The third-order valence-corrected chi connectivity index (χ3v) is 9.59.